The molecular weight excluding hydrogens is 585 g/mol. The van der Waals surface area contributed by atoms with Gasteiger partial charge < -0.3 is 9.13 Å². The van der Waals surface area contributed by atoms with Gasteiger partial charge in [-0.2, -0.15) is 10.5 Å². The molecule has 0 spiro atoms. The van der Waals surface area contributed by atoms with Crippen LogP contribution < -0.4 is 0 Å². The number of fused-ring (bicyclic) bond motifs is 6. The molecule has 4 nitrogen and oxygen atoms in total. The van der Waals surface area contributed by atoms with E-state index >= 15 is 0 Å². The van der Waals surface area contributed by atoms with E-state index in [1.165, 1.54) is 27.4 Å². The molecule has 6 aromatic carbocycles. The van der Waals surface area contributed by atoms with Crippen LogP contribution in [0.1, 0.15) is 28.8 Å². The van der Waals surface area contributed by atoms with Gasteiger partial charge in [-0.3, -0.25) is 0 Å². The second kappa shape index (κ2) is 11.0. The SMILES string of the molecule is N#Cc1ccc(-n2c3ccccc3c3ccccc32)c(-c2ccccc2-c2ccc(-n3c4c(c5ccccc53)CCC=C4)cc2C#N)c1. The largest absolute Gasteiger partial charge is 0.310 e. The number of aryl methyl sites for hydroxylation is 1. The predicted octanol–water partition coefficient (Wildman–Crippen LogP) is 10.8. The summed E-state index contributed by atoms with van der Waals surface area (Å²) in [7, 11) is 0. The summed E-state index contributed by atoms with van der Waals surface area (Å²) >= 11 is 0. The van der Waals surface area contributed by atoms with Gasteiger partial charge in [0, 0.05) is 38.7 Å². The summed E-state index contributed by atoms with van der Waals surface area (Å²) in [5.74, 6) is 0. The van der Waals surface area contributed by atoms with Gasteiger partial charge in [0.15, 0.2) is 0 Å². The zero-order valence-electron chi connectivity index (χ0n) is 26.1. The number of allylic oxidation sites excluding steroid dienone is 1. The van der Waals surface area contributed by atoms with E-state index in [4.69, 9.17) is 0 Å². The number of hydrogen-bond acceptors (Lipinski definition) is 2. The topological polar surface area (TPSA) is 57.4 Å². The molecule has 0 unspecified atom stereocenters. The van der Waals surface area contributed by atoms with Gasteiger partial charge in [0.05, 0.1) is 45.5 Å². The van der Waals surface area contributed by atoms with E-state index in [-0.39, 0.29) is 0 Å². The molecule has 2 aromatic heterocycles. The number of benzene rings is 6. The maximum Gasteiger partial charge on any atom is 0.0998 e. The van der Waals surface area contributed by atoms with E-state index in [0.717, 1.165) is 63.0 Å². The number of nitriles is 2. The molecule has 0 N–H and O–H groups in total. The second-order valence-electron chi connectivity index (χ2n) is 12.3. The molecular formula is C44H28N4. The lowest BCUT2D eigenvalue weighted by Gasteiger charge is -2.18. The minimum absolute atomic E-state index is 0.581. The fourth-order valence-corrected chi connectivity index (χ4v) is 7.62. The molecule has 0 aliphatic heterocycles. The highest BCUT2D eigenvalue weighted by atomic mass is 15.0. The molecule has 2 heterocycles. The molecule has 0 bridgehead atoms. The lowest BCUT2D eigenvalue weighted by molar-refractivity contribution is 0.967. The molecule has 0 radical (unpaired) electrons. The van der Waals surface area contributed by atoms with Crippen molar-refractivity contribution in [1.82, 2.24) is 9.13 Å². The van der Waals surface area contributed by atoms with E-state index in [2.05, 4.69) is 130 Å². The van der Waals surface area contributed by atoms with Gasteiger partial charge in [0.25, 0.3) is 0 Å². The van der Waals surface area contributed by atoms with E-state index in [9.17, 15) is 10.5 Å². The molecule has 8 aromatic rings. The van der Waals surface area contributed by atoms with Crippen LogP contribution in [0.25, 0.3) is 72.4 Å². The summed E-state index contributed by atoms with van der Waals surface area (Å²) in [5.41, 5.74) is 12.7. The van der Waals surface area contributed by atoms with Crippen molar-refractivity contribution in [2.75, 3.05) is 0 Å². The Bertz CT molecular complexity index is 2650. The summed E-state index contributed by atoms with van der Waals surface area (Å²) in [4.78, 5) is 0. The average molecular weight is 613 g/mol. The molecule has 1 aliphatic rings. The first-order chi connectivity index (χ1) is 23.7. The molecule has 224 valence electrons. The van der Waals surface area contributed by atoms with Crippen molar-refractivity contribution in [2.45, 2.75) is 12.8 Å². The zero-order valence-corrected chi connectivity index (χ0v) is 26.1. The first-order valence-corrected chi connectivity index (χ1v) is 16.2. The molecule has 48 heavy (non-hydrogen) atoms. The van der Waals surface area contributed by atoms with E-state index < -0.39 is 0 Å². The van der Waals surface area contributed by atoms with Crippen molar-refractivity contribution in [1.29, 1.82) is 10.5 Å². The van der Waals surface area contributed by atoms with Crippen LogP contribution in [-0.4, -0.2) is 9.13 Å². The maximum atomic E-state index is 10.6. The quantitative estimate of drug-likeness (QED) is 0.199. The maximum absolute atomic E-state index is 10.6. The first kappa shape index (κ1) is 27.7. The lowest BCUT2D eigenvalue weighted by Crippen LogP contribution is -2.02. The molecule has 1 aliphatic carbocycles. The van der Waals surface area contributed by atoms with Crippen LogP contribution in [-0.2, 0) is 6.42 Å². The van der Waals surface area contributed by atoms with E-state index in [0.29, 0.717) is 11.1 Å². The van der Waals surface area contributed by atoms with Gasteiger partial charge in [-0.1, -0.05) is 91.0 Å². The standard InChI is InChI=1S/C44H28N4/c45-27-29-21-24-44(48-42-19-9-5-15-37(42)38-16-6-10-20-43(38)48)39(25-29)34-12-2-1-11-33(34)32-23-22-31(26-30(32)28-46)47-40-17-7-3-13-35(40)36-14-4-8-18-41(36)47/h1-3,5-13,15-26H,4,14H2. The fraction of sp³-hybridized carbons (Fsp3) is 0.0455. The third-order valence-electron chi connectivity index (χ3n) is 9.69. The Morgan fingerprint density at radius 3 is 1.83 bits per heavy atom. The average Bonchev–Trinajstić information content (AvgIpc) is 3.67. The van der Waals surface area contributed by atoms with Crippen molar-refractivity contribution in [3.63, 3.8) is 0 Å². The Morgan fingerprint density at radius 1 is 0.521 bits per heavy atom. The molecule has 0 atom stereocenters. The summed E-state index contributed by atoms with van der Waals surface area (Å²) in [5, 5.41) is 24.2. The van der Waals surface area contributed by atoms with Gasteiger partial charge in [-0.25, -0.2) is 0 Å². The molecule has 0 saturated heterocycles. The highest BCUT2D eigenvalue weighted by Crippen LogP contribution is 2.42. The van der Waals surface area contributed by atoms with Crippen molar-refractivity contribution in [3.8, 4) is 45.8 Å². The Balaban J connectivity index is 1.27. The Kier molecular flexibility index (Phi) is 6.35. The van der Waals surface area contributed by atoms with Gasteiger partial charge in [0.1, 0.15) is 0 Å². The predicted molar refractivity (Wildman–Crippen MR) is 195 cm³/mol. The third kappa shape index (κ3) is 4.14. The van der Waals surface area contributed by atoms with Crippen LogP contribution in [0, 0.1) is 22.7 Å². The third-order valence-corrected chi connectivity index (χ3v) is 9.69. The van der Waals surface area contributed by atoms with Crippen molar-refractivity contribution in [3.05, 3.63) is 162 Å². The minimum Gasteiger partial charge on any atom is -0.310 e. The highest BCUT2D eigenvalue weighted by Gasteiger charge is 2.21. The zero-order chi connectivity index (χ0) is 32.2. The highest BCUT2D eigenvalue weighted by molar-refractivity contribution is 6.10. The summed E-state index contributed by atoms with van der Waals surface area (Å²) in [6.07, 6.45) is 6.49. The van der Waals surface area contributed by atoms with Crippen LogP contribution >= 0.6 is 0 Å². The number of rotatable bonds is 4. The molecule has 0 fully saturated rings. The number of hydrogen-bond donors (Lipinski definition) is 0. The van der Waals surface area contributed by atoms with Crippen molar-refractivity contribution in [2.24, 2.45) is 0 Å². The normalized spacial score (nSPS) is 12.3. The van der Waals surface area contributed by atoms with Crippen LogP contribution in [0.5, 0.6) is 0 Å². The molecule has 9 rings (SSSR count). The van der Waals surface area contributed by atoms with Gasteiger partial charge in [-0.15, -0.1) is 0 Å². The van der Waals surface area contributed by atoms with Crippen LogP contribution in [0.15, 0.2) is 140 Å². The summed E-state index contributed by atoms with van der Waals surface area (Å²) in [6.45, 7) is 0. The summed E-state index contributed by atoms with van der Waals surface area (Å²) in [6, 6.07) is 50.7. The van der Waals surface area contributed by atoms with Crippen LogP contribution in [0.3, 0.4) is 0 Å². The molecule has 0 saturated carbocycles. The Labute approximate surface area is 278 Å². The van der Waals surface area contributed by atoms with Gasteiger partial charge in [0.2, 0.25) is 0 Å². The fourth-order valence-electron chi connectivity index (χ4n) is 7.62. The number of aromatic nitrogens is 2. The van der Waals surface area contributed by atoms with E-state index in [1.807, 2.05) is 36.4 Å². The number of para-hydroxylation sites is 3. The minimum atomic E-state index is 0.581. The second-order valence-corrected chi connectivity index (χ2v) is 12.3. The Hall–Kier alpha value is -6.62. The van der Waals surface area contributed by atoms with Crippen molar-refractivity contribution < 1.29 is 0 Å². The lowest BCUT2D eigenvalue weighted by atomic mass is 9.90. The van der Waals surface area contributed by atoms with Crippen LogP contribution in [0.2, 0.25) is 0 Å². The molecule has 0 amide bonds. The number of nitrogens with zero attached hydrogens (tertiary/aromatic N) is 4. The van der Waals surface area contributed by atoms with Gasteiger partial charge in [-0.05, 0) is 84.1 Å². The molecule has 4 heteroatoms. The summed E-state index contributed by atoms with van der Waals surface area (Å²) < 4.78 is 4.58. The monoisotopic (exact) mass is 612 g/mol. The first-order valence-electron chi connectivity index (χ1n) is 16.2. The Morgan fingerprint density at radius 2 is 1.15 bits per heavy atom. The van der Waals surface area contributed by atoms with Crippen molar-refractivity contribution >= 4 is 38.8 Å². The van der Waals surface area contributed by atoms with E-state index in [1.54, 1.807) is 0 Å². The van der Waals surface area contributed by atoms with Gasteiger partial charge >= 0.3 is 0 Å². The smallest absolute Gasteiger partial charge is 0.0998 e. The van der Waals surface area contributed by atoms with Crippen LogP contribution in [0.4, 0.5) is 0 Å².